The van der Waals surface area contributed by atoms with Crippen molar-refractivity contribution in [2.24, 2.45) is 5.92 Å². The Labute approximate surface area is 227 Å². The van der Waals surface area contributed by atoms with Gasteiger partial charge in [0.1, 0.15) is 6.61 Å². The van der Waals surface area contributed by atoms with Crippen LogP contribution in [0.25, 0.3) is 0 Å². The molecule has 2 fully saturated rings. The van der Waals surface area contributed by atoms with E-state index in [-0.39, 0.29) is 29.0 Å². The molecule has 3 rings (SSSR count). The van der Waals surface area contributed by atoms with Crippen LogP contribution in [0.1, 0.15) is 86.6 Å². The van der Waals surface area contributed by atoms with E-state index in [2.05, 4.69) is 24.0 Å². The fourth-order valence-corrected chi connectivity index (χ4v) is 5.76. The average Bonchev–Trinajstić information content (AvgIpc) is 3.19. The van der Waals surface area contributed by atoms with Gasteiger partial charge in [0.15, 0.2) is 5.78 Å². The van der Waals surface area contributed by atoms with Crippen molar-refractivity contribution in [2.75, 3.05) is 39.5 Å². The lowest BCUT2D eigenvalue weighted by Gasteiger charge is -2.26. The fourth-order valence-electron chi connectivity index (χ4n) is 5.32. The van der Waals surface area contributed by atoms with E-state index in [1.54, 1.807) is 0 Å². The monoisotopic (exact) mass is 533 g/mol. The van der Waals surface area contributed by atoms with Gasteiger partial charge in [0.05, 0.1) is 19.3 Å². The molecule has 1 N–H and O–H groups in total. The predicted octanol–water partition coefficient (Wildman–Crippen LogP) is 5.51. The molecule has 4 atom stereocenters. The Hall–Kier alpha value is -1.73. The number of carbonyl (C=O) groups excluding carboxylic acids is 2. The fraction of sp³-hybridized carbons (Fsp3) is 0.667. The van der Waals surface area contributed by atoms with E-state index in [0.717, 1.165) is 82.5 Å². The highest BCUT2D eigenvalue weighted by Crippen LogP contribution is 2.44. The first kappa shape index (κ1) is 29.8. The highest BCUT2D eigenvalue weighted by molar-refractivity contribution is 6.21. The summed E-state index contributed by atoms with van der Waals surface area (Å²) in [6.45, 7) is 6.62. The number of morpholine rings is 1. The molecule has 1 saturated heterocycles. The average molecular weight is 534 g/mol. The Kier molecular flexibility index (Phi) is 13.1. The van der Waals surface area contributed by atoms with E-state index < -0.39 is 6.10 Å². The van der Waals surface area contributed by atoms with Crippen molar-refractivity contribution >= 4 is 23.4 Å². The molecule has 1 unspecified atom stereocenters. The third kappa shape index (κ3) is 9.82. The standard InChI is InChI=1S/C30H44ClNO5/c1-2-3-6-10-27(33)23-12-14-24(15-13-23)30-25(26(31)22-28(30)34)9-7-4-5-8-11-29(35)37-21-18-32-16-19-36-20-17-32/h4,7,12-15,25-26,28,30,34H,2-3,5-6,8-11,16-22H2,1H3/b7-4-/t25-,26+,28?,30+/m0/s1. The maximum Gasteiger partial charge on any atom is 0.305 e. The largest absolute Gasteiger partial charge is 0.464 e. The molecule has 2 aliphatic rings. The molecule has 1 aromatic carbocycles. The van der Waals surface area contributed by atoms with Gasteiger partial charge in [0.25, 0.3) is 0 Å². The number of ether oxygens (including phenoxy) is 2. The summed E-state index contributed by atoms with van der Waals surface area (Å²) in [5.41, 5.74) is 1.78. The van der Waals surface area contributed by atoms with Gasteiger partial charge in [-0.2, -0.15) is 0 Å². The molecule has 1 saturated carbocycles. The molecule has 7 heteroatoms. The second-order valence-corrected chi connectivity index (χ2v) is 10.8. The van der Waals surface area contributed by atoms with Gasteiger partial charge < -0.3 is 14.6 Å². The quantitative estimate of drug-likeness (QED) is 0.105. The highest BCUT2D eigenvalue weighted by Gasteiger charge is 2.41. The van der Waals surface area contributed by atoms with Crippen molar-refractivity contribution in [1.82, 2.24) is 4.90 Å². The minimum atomic E-state index is -0.487. The zero-order valence-corrected chi connectivity index (χ0v) is 23.0. The number of esters is 1. The van der Waals surface area contributed by atoms with E-state index in [4.69, 9.17) is 21.1 Å². The van der Waals surface area contributed by atoms with Gasteiger partial charge in [-0.15, -0.1) is 11.6 Å². The first-order valence-electron chi connectivity index (χ1n) is 14.1. The van der Waals surface area contributed by atoms with Crippen LogP contribution in [0, 0.1) is 5.92 Å². The van der Waals surface area contributed by atoms with Gasteiger partial charge in [-0.1, -0.05) is 56.2 Å². The zero-order valence-electron chi connectivity index (χ0n) is 22.3. The van der Waals surface area contributed by atoms with Crippen LogP contribution in [0.3, 0.4) is 0 Å². The maximum atomic E-state index is 12.4. The van der Waals surface area contributed by atoms with E-state index in [1.807, 2.05) is 24.3 Å². The van der Waals surface area contributed by atoms with Crippen molar-refractivity contribution < 1.29 is 24.2 Å². The van der Waals surface area contributed by atoms with Crippen LogP contribution >= 0.6 is 11.6 Å². The summed E-state index contributed by atoms with van der Waals surface area (Å²) in [5.74, 6) is 0.124. The minimum Gasteiger partial charge on any atom is -0.464 e. The van der Waals surface area contributed by atoms with Crippen LogP contribution in [0.2, 0.25) is 0 Å². The van der Waals surface area contributed by atoms with Crippen LogP contribution in [0.15, 0.2) is 36.4 Å². The lowest BCUT2D eigenvalue weighted by Crippen LogP contribution is -2.38. The predicted molar refractivity (Wildman–Crippen MR) is 147 cm³/mol. The highest BCUT2D eigenvalue weighted by atomic mass is 35.5. The Morgan fingerprint density at radius 1 is 1.11 bits per heavy atom. The molecule has 206 valence electrons. The number of benzene rings is 1. The van der Waals surface area contributed by atoms with Crippen molar-refractivity contribution in [1.29, 1.82) is 0 Å². The number of aliphatic hydroxyl groups excluding tert-OH is 1. The molecule has 0 aromatic heterocycles. The number of alkyl halides is 1. The number of carbonyl (C=O) groups is 2. The minimum absolute atomic E-state index is 0.0437. The third-order valence-corrected chi connectivity index (χ3v) is 8.03. The van der Waals surface area contributed by atoms with Gasteiger partial charge in [0.2, 0.25) is 0 Å². The molecule has 0 bridgehead atoms. The summed E-state index contributed by atoms with van der Waals surface area (Å²) in [7, 11) is 0. The van der Waals surface area contributed by atoms with E-state index in [0.29, 0.717) is 25.9 Å². The lowest BCUT2D eigenvalue weighted by molar-refractivity contribution is -0.144. The molecule has 6 nitrogen and oxygen atoms in total. The number of unbranched alkanes of at least 4 members (excludes halogenated alkanes) is 3. The Balaban J connectivity index is 1.39. The number of allylic oxidation sites excluding steroid dienone is 2. The molecular weight excluding hydrogens is 490 g/mol. The summed E-state index contributed by atoms with van der Waals surface area (Å²) < 4.78 is 10.7. The maximum absolute atomic E-state index is 12.4. The molecule has 1 aliphatic heterocycles. The summed E-state index contributed by atoms with van der Waals surface area (Å²) in [4.78, 5) is 26.6. The number of hydrogen-bond acceptors (Lipinski definition) is 6. The second kappa shape index (κ2) is 16.3. The van der Waals surface area contributed by atoms with Crippen molar-refractivity contribution in [3.8, 4) is 0 Å². The SMILES string of the molecule is CCCCCC(=O)c1ccc([C@H]2C(O)C[C@@H](Cl)[C@@H]2C/C=C\CCCC(=O)OCCN2CCOCC2)cc1. The number of ketones is 1. The zero-order chi connectivity index (χ0) is 26.5. The van der Waals surface area contributed by atoms with Crippen LogP contribution in [0.5, 0.6) is 0 Å². The Morgan fingerprint density at radius 2 is 1.86 bits per heavy atom. The first-order chi connectivity index (χ1) is 18.0. The number of aliphatic hydroxyl groups is 1. The Bertz CT molecular complexity index is 852. The smallest absolute Gasteiger partial charge is 0.305 e. The summed E-state index contributed by atoms with van der Waals surface area (Å²) in [6, 6.07) is 7.75. The second-order valence-electron chi connectivity index (χ2n) is 10.3. The molecule has 0 amide bonds. The van der Waals surface area contributed by atoms with Gasteiger partial charge in [-0.3, -0.25) is 14.5 Å². The van der Waals surface area contributed by atoms with Crippen LogP contribution in [-0.2, 0) is 14.3 Å². The lowest BCUT2D eigenvalue weighted by atomic mass is 9.85. The Morgan fingerprint density at radius 3 is 2.59 bits per heavy atom. The van der Waals surface area contributed by atoms with E-state index in [1.165, 1.54) is 0 Å². The topological polar surface area (TPSA) is 76.1 Å². The molecular formula is C30H44ClNO5. The number of hydrogen-bond donors (Lipinski definition) is 1. The number of nitrogens with zero attached hydrogens (tertiary/aromatic N) is 1. The molecule has 1 aromatic rings. The van der Waals surface area contributed by atoms with Crippen LogP contribution in [0.4, 0.5) is 0 Å². The summed E-state index contributed by atoms with van der Waals surface area (Å²) >= 11 is 6.64. The van der Waals surface area contributed by atoms with Crippen LogP contribution < -0.4 is 0 Å². The molecule has 1 aliphatic carbocycles. The van der Waals surface area contributed by atoms with Crippen LogP contribution in [-0.4, -0.2) is 72.7 Å². The normalized spacial score (nSPS) is 24.5. The van der Waals surface area contributed by atoms with Gasteiger partial charge >= 0.3 is 5.97 Å². The molecule has 0 radical (unpaired) electrons. The van der Waals surface area contributed by atoms with Gasteiger partial charge in [-0.05, 0) is 43.6 Å². The first-order valence-corrected chi connectivity index (χ1v) is 14.5. The third-order valence-electron chi connectivity index (χ3n) is 7.53. The summed E-state index contributed by atoms with van der Waals surface area (Å²) in [6.07, 6.45) is 10.7. The summed E-state index contributed by atoms with van der Waals surface area (Å²) in [5, 5.41) is 10.6. The van der Waals surface area contributed by atoms with Gasteiger partial charge in [-0.25, -0.2) is 0 Å². The van der Waals surface area contributed by atoms with E-state index >= 15 is 0 Å². The molecule has 37 heavy (non-hydrogen) atoms. The number of Topliss-reactive ketones (excluding diaryl/α,β-unsaturated/α-hetero) is 1. The van der Waals surface area contributed by atoms with Crippen molar-refractivity contribution in [3.63, 3.8) is 0 Å². The number of rotatable bonds is 15. The van der Waals surface area contributed by atoms with E-state index in [9.17, 15) is 14.7 Å². The van der Waals surface area contributed by atoms with Crippen molar-refractivity contribution in [2.45, 2.75) is 82.1 Å². The molecule has 1 heterocycles. The number of halogens is 1. The van der Waals surface area contributed by atoms with Crippen molar-refractivity contribution in [3.05, 3.63) is 47.5 Å². The molecule has 0 spiro atoms. The van der Waals surface area contributed by atoms with Gasteiger partial charge in [0, 0.05) is 49.3 Å².